The van der Waals surface area contributed by atoms with Crippen molar-refractivity contribution in [1.82, 2.24) is 4.98 Å². The van der Waals surface area contributed by atoms with E-state index >= 15 is 0 Å². The maximum absolute atomic E-state index is 13.3. The number of amidine groups is 1. The molecule has 2 aromatic carbocycles. The third kappa shape index (κ3) is 3.09. The van der Waals surface area contributed by atoms with Crippen LogP contribution >= 0.6 is 0 Å². The summed E-state index contributed by atoms with van der Waals surface area (Å²) in [6.45, 7) is 1.52. The molecular formula is C24H21N3O2. The summed E-state index contributed by atoms with van der Waals surface area (Å²) in [6.07, 6.45) is 3.96. The predicted molar refractivity (Wildman–Crippen MR) is 116 cm³/mol. The molecule has 5 heteroatoms. The van der Waals surface area contributed by atoms with Crippen molar-refractivity contribution in [3.8, 4) is 5.75 Å². The Morgan fingerprint density at radius 1 is 1.07 bits per heavy atom. The van der Waals surface area contributed by atoms with Crippen molar-refractivity contribution in [2.24, 2.45) is 4.99 Å². The Morgan fingerprint density at radius 2 is 1.93 bits per heavy atom. The molecule has 144 valence electrons. The fraction of sp³-hybridized carbons (Fsp3) is 0.208. The van der Waals surface area contributed by atoms with Gasteiger partial charge in [0, 0.05) is 35.7 Å². The minimum absolute atomic E-state index is 0.00303. The first-order valence-electron chi connectivity index (χ1n) is 9.87. The van der Waals surface area contributed by atoms with Crippen molar-refractivity contribution in [3.05, 3.63) is 71.3 Å². The zero-order chi connectivity index (χ0) is 19.8. The van der Waals surface area contributed by atoms with Crippen LogP contribution in [0.3, 0.4) is 0 Å². The highest BCUT2D eigenvalue weighted by molar-refractivity contribution is 6.35. The van der Waals surface area contributed by atoms with Gasteiger partial charge in [-0.15, -0.1) is 0 Å². The lowest BCUT2D eigenvalue weighted by molar-refractivity contribution is 0.104. The summed E-state index contributed by atoms with van der Waals surface area (Å²) in [5.74, 6) is 2.37. The fourth-order valence-electron chi connectivity index (χ4n) is 3.93. The second-order valence-corrected chi connectivity index (χ2v) is 7.28. The number of hydrogen-bond donors (Lipinski definition) is 0. The molecule has 0 N–H and O–H groups in total. The number of aliphatic imine (C=N–C) groups is 1. The molecule has 0 bridgehead atoms. The lowest BCUT2D eigenvalue weighted by Crippen LogP contribution is -2.38. The van der Waals surface area contributed by atoms with Gasteiger partial charge >= 0.3 is 0 Å². The van der Waals surface area contributed by atoms with Crippen LogP contribution in [0, 0.1) is 0 Å². The Bertz CT molecular complexity index is 1170. The van der Waals surface area contributed by atoms with Crippen LogP contribution in [0.25, 0.3) is 17.0 Å². The Morgan fingerprint density at radius 3 is 2.76 bits per heavy atom. The van der Waals surface area contributed by atoms with Gasteiger partial charge in [0.25, 0.3) is 0 Å². The normalized spacial score (nSPS) is 15.7. The molecule has 0 saturated carbocycles. The Labute approximate surface area is 169 Å². The average Bonchev–Trinajstić information content (AvgIpc) is 3.03. The summed E-state index contributed by atoms with van der Waals surface area (Å²) >= 11 is 0. The Hall–Kier alpha value is -3.47. The number of carbonyl (C=O) groups excluding carboxylic acids is 1. The first-order valence-corrected chi connectivity index (χ1v) is 9.87. The summed E-state index contributed by atoms with van der Waals surface area (Å²) in [7, 11) is 1.66. The molecule has 29 heavy (non-hydrogen) atoms. The van der Waals surface area contributed by atoms with Gasteiger partial charge in [-0.3, -0.25) is 9.79 Å². The second kappa shape index (κ2) is 7.17. The van der Waals surface area contributed by atoms with Gasteiger partial charge < -0.3 is 9.64 Å². The third-order valence-corrected chi connectivity index (χ3v) is 5.42. The summed E-state index contributed by atoms with van der Waals surface area (Å²) in [6, 6.07) is 17.4. The molecule has 0 radical (unpaired) electrons. The third-order valence-electron chi connectivity index (χ3n) is 5.42. The van der Waals surface area contributed by atoms with E-state index in [-0.39, 0.29) is 5.78 Å². The smallest absolute Gasteiger partial charge is 0.196 e. The molecule has 0 fully saturated rings. The van der Waals surface area contributed by atoms with Crippen molar-refractivity contribution in [2.75, 3.05) is 25.1 Å². The molecule has 0 atom stereocenters. The number of benzene rings is 2. The molecule has 0 unspecified atom stereocenters. The number of nitrogens with zero attached hydrogens (tertiary/aromatic N) is 3. The molecule has 5 rings (SSSR count). The number of carbonyl (C=O) groups is 1. The quantitative estimate of drug-likeness (QED) is 0.624. The van der Waals surface area contributed by atoms with Gasteiger partial charge in [-0.25, -0.2) is 4.98 Å². The van der Waals surface area contributed by atoms with Crippen LogP contribution in [-0.4, -0.2) is 36.8 Å². The minimum atomic E-state index is -0.00303. The molecule has 2 aliphatic heterocycles. The van der Waals surface area contributed by atoms with Crippen LogP contribution in [0.15, 0.2) is 65.2 Å². The number of ether oxygens (including phenoxy) is 1. The van der Waals surface area contributed by atoms with E-state index in [0.29, 0.717) is 11.1 Å². The van der Waals surface area contributed by atoms with Gasteiger partial charge in [-0.2, -0.15) is 0 Å². The number of pyridine rings is 1. The van der Waals surface area contributed by atoms with Gasteiger partial charge in [0.15, 0.2) is 5.78 Å². The number of fused-ring (bicyclic) bond motifs is 4. The Balaban J connectivity index is 1.70. The van der Waals surface area contributed by atoms with Crippen molar-refractivity contribution < 1.29 is 9.53 Å². The van der Waals surface area contributed by atoms with Gasteiger partial charge in [0.2, 0.25) is 0 Å². The van der Waals surface area contributed by atoms with Gasteiger partial charge in [0.1, 0.15) is 17.4 Å². The van der Waals surface area contributed by atoms with Crippen molar-refractivity contribution >= 4 is 34.4 Å². The standard InChI is InChI=1S/C24H21N3O2/c1-29-19-10-9-17-13-18-14-20(22(28)16-7-3-2-4-8-16)24-25-11-5-6-12-27(24)23(18)26-21(17)15-19/h2-4,7-10,13-15H,5-6,11-12H2,1H3. The van der Waals surface area contributed by atoms with Crippen LogP contribution in [-0.2, 0) is 0 Å². The largest absolute Gasteiger partial charge is 0.497 e. The van der Waals surface area contributed by atoms with E-state index in [2.05, 4.69) is 11.0 Å². The summed E-state index contributed by atoms with van der Waals surface area (Å²) in [4.78, 5) is 25.1. The zero-order valence-electron chi connectivity index (χ0n) is 16.3. The molecule has 0 amide bonds. The predicted octanol–water partition coefficient (Wildman–Crippen LogP) is 4.52. The molecule has 3 aromatic rings. The molecule has 0 spiro atoms. The van der Waals surface area contributed by atoms with Crippen LogP contribution < -0.4 is 9.64 Å². The highest BCUT2D eigenvalue weighted by atomic mass is 16.5. The number of aromatic nitrogens is 1. The lowest BCUT2D eigenvalue weighted by atomic mass is 9.95. The number of methoxy groups -OCH3 is 1. The SMILES string of the molecule is COc1ccc2cc3c(nc2c1)N1CCCCN=C1C(C(=O)c1ccccc1)=C3. The molecule has 0 aliphatic carbocycles. The topological polar surface area (TPSA) is 54.8 Å². The molecule has 1 aromatic heterocycles. The minimum Gasteiger partial charge on any atom is -0.497 e. The van der Waals surface area contributed by atoms with E-state index < -0.39 is 0 Å². The highest BCUT2D eigenvalue weighted by Gasteiger charge is 2.31. The lowest BCUT2D eigenvalue weighted by Gasteiger charge is -2.30. The van der Waals surface area contributed by atoms with E-state index in [9.17, 15) is 4.79 Å². The molecule has 2 aliphatic rings. The van der Waals surface area contributed by atoms with Crippen LogP contribution in [0.5, 0.6) is 5.75 Å². The average molecular weight is 383 g/mol. The molecule has 5 nitrogen and oxygen atoms in total. The van der Waals surface area contributed by atoms with E-state index in [1.165, 1.54) is 0 Å². The second-order valence-electron chi connectivity index (χ2n) is 7.28. The van der Waals surface area contributed by atoms with Crippen molar-refractivity contribution in [1.29, 1.82) is 0 Å². The first kappa shape index (κ1) is 17.6. The van der Waals surface area contributed by atoms with Gasteiger partial charge in [-0.05, 0) is 37.1 Å². The molecular weight excluding hydrogens is 362 g/mol. The van der Waals surface area contributed by atoms with Crippen LogP contribution in [0.2, 0.25) is 0 Å². The number of anilines is 1. The molecule has 0 saturated heterocycles. The molecule has 3 heterocycles. The summed E-state index contributed by atoms with van der Waals surface area (Å²) in [5.41, 5.74) is 3.13. The maximum Gasteiger partial charge on any atom is 0.196 e. The zero-order valence-corrected chi connectivity index (χ0v) is 16.3. The number of hydrogen-bond acceptors (Lipinski definition) is 5. The number of ketones is 1. The summed E-state index contributed by atoms with van der Waals surface area (Å²) < 4.78 is 5.36. The maximum atomic E-state index is 13.3. The van der Waals surface area contributed by atoms with Crippen molar-refractivity contribution in [3.63, 3.8) is 0 Å². The van der Waals surface area contributed by atoms with E-state index in [1.54, 1.807) is 7.11 Å². The first-order chi connectivity index (χ1) is 14.2. The van der Waals surface area contributed by atoms with Crippen LogP contribution in [0.1, 0.15) is 28.8 Å². The van der Waals surface area contributed by atoms with E-state index in [0.717, 1.165) is 59.8 Å². The van der Waals surface area contributed by atoms with Gasteiger partial charge in [-0.1, -0.05) is 30.3 Å². The van der Waals surface area contributed by atoms with E-state index in [4.69, 9.17) is 14.7 Å². The number of rotatable bonds is 3. The van der Waals surface area contributed by atoms with E-state index in [1.807, 2.05) is 54.6 Å². The number of Topliss-reactive ketones (excluding diaryl/α,β-unsaturated/α-hetero) is 1. The van der Waals surface area contributed by atoms with Crippen molar-refractivity contribution in [2.45, 2.75) is 12.8 Å². The van der Waals surface area contributed by atoms with Gasteiger partial charge in [0.05, 0.1) is 18.2 Å². The summed E-state index contributed by atoms with van der Waals surface area (Å²) in [5, 5.41) is 1.02. The highest BCUT2D eigenvalue weighted by Crippen LogP contribution is 2.34. The monoisotopic (exact) mass is 383 g/mol. The fourth-order valence-corrected chi connectivity index (χ4v) is 3.93. The Kier molecular flexibility index (Phi) is 4.35. The van der Waals surface area contributed by atoms with Crippen LogP contribution in [0.4, 0.5) is 5.82 Å².